The molecule has 0 spiro atoms. The molecule has 0 saturated heterocycles. The van der Waals surface area contributed by atoms with Crippen molar-refractivity contribution in [1.29, 1.82) is 0 Å². The normalized spacial score (nSPS) is 22.8. The summed E-state index contributed by atoms with van der Waals surface area (Å²) in [6.45, 7) is 0. The molecule has 3 rings (SSSR count). The van der Waals surface area contributed by atoms with Gasteiger partial charge in [0.1, 0.15) is 5.82 Å². The molecular formula is C12H11N3. The number of benzene rings is 1. The molecule has 0 saturated carbocycles. The third kappa shape index (κ3) is 1.47. The molecule has 15 heavy (non-hydrogen) atoms. The molecule has 2 aliphatic heterocycles. The molecule has 1 N–H and O–H groups in total. The Morgan fingerprint density at radius 2 is 2.07 bits per heavy atom. The van der Waals surface area contributed by atoms with E-state index >= 15 is 0 Å². The lowest BCUT2D eigenvalue weighted by molar-refractivity contribution is 0.344. The van der Waals surface area contributed by atoms with Crippen LogP contribution in [-0.2, 0) is 0 Å². The van der Waals surface area contributed by atoms with Gasteiger partial charge in [0.05, 0.1) is 6.04 Å². The van der Waals surface area contributed by atoms with E-state index in [1.807, 2.05) is 35.5 Å². The summed E-state index contributed by atoms with van der Waals surface area (Å²) in [5.74, 6) is 0.964. The minimum absolute atomic E-state index is 0.223. The largest absolute Gasteiger partial charge is 0.266 e. The van der Waals surface area contributed by atoms with Crippen LogP contribution in [0.4, 0.5) is 0 Å². The second-order valence-electron chi connectivity index (χ2n) is 3.53. The SMILES string of the molecule is C1=CN2NC(c3ccccc3)C=C2N=C1. The van der Waals surface area contributed by atoms with Crippen LogP contribution in [0.3, 0.4) is 0 Å². The maximum absolute atomic E-state index is 4.28. The smallest absolute Gasteiger partial charge is 0.144 e. The van der Waals surface area contributed by atoms with Gasteiger partial charge in [-0.05, 0) is 17.7 Å². The maximum atomic E-state index is 4.28. The number of allylic oxidation sites excluding steroid dienone is 1. The van der Waals surface area contributed by atoms with Gasteiger partial charge in [-0.2, -0.15) is 0 Å². The topological polar surface area (TPSA) is 27.6 Å². The predicted molar refractivity (Wildman–Crippen MR) is 59.9 cm³/mol. The summed E-state index contributed by atoms with van der Waals surface area (Å²) in [6.07, 6.45) is 7.81. The number of nitrogens with zero attached hydrogens (tertiary/aromatic N) is 2. The summed E-state index contributed by atoms with van der Waals surface area (Å²) in [5, 5.41) is 1.94. The summed E-state index contributed by atoms with van der Waals surface area (Å²) >= 11 is 0. The van der Waals surface area contributed by atoms with Crippen LogP contribution in [0.2, 0.25) is 0 Å². The Morgan fingerprint density at radius 1 is 1.20 bits per heavy atom. The molecule has 0 amide bonds. The summed E-state index contributed by atoms with van der Waals surface area (Å²) < 4.78 is 0. The van der Waals surface area contributed by atoms with E-state index in [0.717, 1.165) is 5.82 Å². The third-order valence-corrected chi connectivity index (χ3v) is 2.53. The number of hydrogen-bond donors (Lipinski definition) is 1. The Morgan fingerprint density at radius 3 is 2.87 bits per heavy atom. The van der Waals surface area contributed by atoms with Crippen LogP contribution < -0.4 is 5.43 Å². The van der Waals surface area contributed by atoms with E-state index in [9.17, 15) is 0 Å². The van der Waals surface area contributed by atoms with Gasteiger partial charge in [-0.1, -0.05) is 30.3 Å². The summed E-state index contributed by atoms with van der Waals surface area (Å²) in [5.41, 5.74) is 4.60. The highest BCUT2D eigenvalue weighted by atomic mass is 15.6. The molecule has 0 aliphatic carbocycles. The van der Waals surface area contributed by atoms with Crippen LogP contribution in [0.5, 0.6) is 0 Å². The first-order valence-corrected chi connectivity index (χ1v) is 4.96. The quantitative estimate of drug-likeness (QED) is 0.745. The lowest BCUT2D eigenvalue weighted by atomic mass is 10.1. The van der Waals surface area contributed by atoms with Crippen LogP contribution >= 0.6 is 0 Å². The van der Waals surface area contributed by atoms with Crippen LogP contribution in [-0.4, -0.2) is 11.2 Å². The van der Waals surface area contributed by atoms with E-state index < -0.39 is 0 Å². The van der Waals surface area contributed by atoms with Gasteiger partial charge in [-0.25, -0.2) is 10.4 Å². The van der Waals surface area contributed by atoms with Crippen molar-refractivity contribution in [3.63, 3.8) is 0 Å². The maximum Gasteiger partial charge on any atom is 0.144 e. The molecule has 3 heteroatoms. The van der Waals surface area contributed by atoms with Gasteiger partial charge >= 0.3 is 0 Å². The average molecular weight is 197 g/mol. The Balaban J connectivity index is 1.91. The van der Waals surface area contributed by atoms with Gasteiger partial charge in [-0.3, -0.25) is 5.01 Å². The predicted octanol–water partition coefficient (Wildman–Crippen LogP) is 1.99. The molecule has 1 aromatic carbocycles. The van der Waals surface area contributed by atoms with Crippen molar-refractivity contribution in [2.24, 2.45) is 4.99 Å². The highest BCUT2D eigenvalue weighted by Crippen LogP contribution is 2.25. The molecule has 0 radical (unpaired) electrons. The highest BCUT2D eigenvalue weighted by molar-refractivity contribution is 5.73. The Hall–Kier alpha value is -1.87. The molecule has 3 nitrogen and oxygen atoms in total. The van der Waals surface area contributed by atoms with Crippen molar-refractivity contribution in [3.05, 3.63) is 60.1 Å². The lowest BCUT2D eigenvalue weighted by Gasteiger charge is -2.18. The first-order chi connectivity index (χ1) is 7.43. The molecule has 0 fully saturated rings. The average Bonchev–Trinajstić information content (AvgIpc) is 2.74. The highest BCUT2D eigenvalue weighted by Gasteiger charge is 2.22. The van der Waals surface area contributed by atoms with Crippen LogP contribution in [0.15, 0.2) is 59.5 Å². The standard InChI is InChI=1S/C12H11N3/c1-2-5-10(6-3-1)11-9-12-13-7-4-8-15(12)14-11/h1-9,11,14H. The number of nitrogens with one attached hydrogen (secondary N) is 1. The molecule has 1 atom stereocenters. The van der Waals surface area contributed by atoms with E-state index in [-0.39, 0.29) is 6.04 Å². The first-order valence-electron chi connectivity index (χ1n) is 4.96. The summed E-state index contributed by atoms with van der Waals surface area (Å²) in [7, 11) is 0. The van der Waals surface area contributed by atoms with Gasteiger partial charge in [0.2, 0.25) is 0 Å². The fourth-order valence-electron chi connectivity index (χ4n) is 1.78. The number of rotatable bonds is 1. The molecule has 1 unspecified atom stereocenters. The summed E-state index contributed by atoms with van der Waals surface area (Å²) in [6, 6.07) is 10.6. The van der Waals surface area contributed by atoms with Gasteiger partial charge in [0, 0.05) is 12.4 Å². The van der Waals surface area contributed by atoms with Crippen molar-refractivity contribution < 1.29 is 0 Å². The van der Waals surface area contributed by atoms with Crippen LogP contribution in [0.25, 0.3) is 0 Å². The van der Waals surface area contributed by atoms with Gasteiger partial charge in [-0.15, -0.1) is 0 Å². The van der Waals surface area contributed by atoms with Gasteiger partial charge in [0.15, 0.2) is 0 Å². The van der Waals surface area contributed by atoms with Crippen molar-refractivity contribution in [1.82, 2.24) is 10.4 Å². The second-order valence-corrected chi connectivity index (χ2v) is 3.53. The first kappa shape index (κ1) is 8.44. The number of hydrazine groups is 1. The third-order valence-electron chi connectivity index (χ3n) is 2.53. The summed E-state index contributed by atoms with van der Waals surface area (Å²) in [4.78, 5) is 4.28. The van der Waals surface area contributed by atoms with Gasteiger partial charge in [0.25, 0.3) is 0 Å². The zero-order valence-electron chi connectivity index (χ0n) is 8.17. The zero-order valence-corrected chi connectivity index (χ0v) is 8.17. The molecule has 1 aromatic rings. The zero-order chi connectivity index (χ0) is 10.1. The number of fused-ring (bicyclic) bond motifs is 1. The fourth-order valence-corrected chi connectivity index (χ4v) is 1.78. The molecular weight excluding hydrogens is 186 g/mol. The minimum Gasteiger partial charge on any atom is -0.266 e. The van der Waals surface area contributed by atoms with E-state index in [1.54, 1.807) is 6.21 Å². The van der Waals surface area contributed by atoms with Crippen molar-refractivity contribution >= 4 is 6.21 Å². The van der Waals surface area contributed by atoms with Crippen molar-refractivity contribution in [2.45, 2.75) is 6.04 Å². The molecule has 0 aromatic heterocycles. The molecule has 0 bridgehead atoms. The van der Waals surface area contributed by atoms with Crippen molar-refractivity contribution in [3.8, 4) is 0 Å². The number of hydrogen-bond acceptors (Lipinski definition) is 3. The molecule has 74 valence electrons. The minimum atomic E-state index is 0.223. The monoisotopic (exact) mass is 197 g/mol. The molecule has 2 aliphatic rings. The Labute approximate surface area is 88.4 Å². The van der Waals surface area contributed by atoms with Gasteiger partial charge < -0.3 is 0 Å². The van der Waals surface area contributed by atoms with E-state index in [2.05, 4.69) is 28.6 Å². The molecule has 2 heterocycles. The fraction of sp³-hybridized carbons (Fsp3) is 0.0833. The van der Waals surface area contributed by atoms with E-state index in [0.29, 0.717) is 0 Å². The van der Waals surface area contributed by atoms with Crippen LogP contribution in [0.1, 0.15) is 11.6 Å². The second kappa shape index (κ2) is 3.37. The van der Waals surface area contributed by atoms with Crippen LogP contribution in [0, 0.1) is 0 Å². The lowest BCUT2D eigenvalue weighted by Crippen LogP contribution is -2.29. The Kier molecular flexibility index (Phi) is 1.89. The van der Waals surface area contributed by atoms with Crippen molar-refractivity contribution in [2.75, 3.05) is 0 Å². The number of aliphatic imine (C=N–C) groups is 1. The Bertz CT molecular complexity index is 445. The van der Waals surface area contributed by atoms with E-state index in [1.165, 1.54) is 5.56 Å². The van der Waals surface area contributed by atoms with E-state index in [4.69, 9.17) is 0 Å².